The van der Waals surface area contributed by atoms with Gasteiger partial charge in [0, 0.05) is 39.6 Å². The van der Waals surface area contributed by atoms with Gasteiger partial charge in [0.05, 0.1) is 0 Å². The number of hydrogen-bond acceptors (Lipinski definition) is 3. The lowest BCUT2D eigenvalue weighted by Gasteiger charge is -1.86. The number of rotatable bonds is 6. The molecule has 0 atom stereocenters. The maximum absolute atomic E-state index is 4.83. The summed E-state index contributed by atoms with van der Waals surface area (Å²) in [5, 5.41) is 0. The maximum atomic E-state index is 4.83. The normalized spacial score (nSPS) is 7.88. The van der Waals surface area contributed by atoms with Gasteiger partial charge >= 0.3 is 0 Å². The average molecular weight is 240 g/mol. The zero-order chi connectivity index (χ0) is 12.4. The van der Waals surface area contributed by atoms with E-state index < -0.39 is 0 Å². The van der Waals surface area contributed by atoms with Crippen LogP contribution in [0.3, 0.4) is 0 Å². The number of hydrogen-bond donors (Lipinski definition) is 0. The zero-order valence-corrected chi connectivity index (χ0v) is 12.0. The molecule has 0 amide bonds. The lowest BCUT2D eigenvalue weighted by molar-refractivity contribution is 0.162. The third kappa shape index (κ3) is 66.9. The van der Waals surface area contributed by atoms with E-state index in [1.165, 1.54) is 0 Å². The highest BCUT2D eigenvalue weighted by molar-refractivity contribution is 4.08. The SMILES string of the molecule is CCOCC.CCOCC.CCOCC.O. The Kier molecular flexibility index (Phi) is 56.6. The topological polar surface area (TPSA) is 59.2 Å². The van der Waals surface area contributed by atoms with Crippen LogP contribution < -0.4 is 0 Å². The van der Waals surface area contributed by atoms with Gasteiger partial charge in [-0.1, -0.05) is 0 Å². The lowest BCUT2D eigenvalue weighted by atomic mass is 10.8. The number of ether oxygens (including phenoxy) is 3. The van der Waals surface area contributed by atoms with E-state index in [0.29, 0.717) is 0 Å². The van der Waals surface area contributed by atoms with Crippen LogP contribution in [0.25, 0.3) is 0 Å². The van der Waals surface area contributed by atoms with Crippen LogP contribution in [0.15, 0.2) is 0 Å². The van der Waals surface area contributed by atoms with Crippen molar-refractivity contribution in [2.24, 2.45) is 0 Å². The highest BCUT2D eigenvalue weighted by Crippen LogP contribution is 1.65. The molecule has 0 radical (unpaired) electrons. The third-order valence-electron chi connectivity index (χ3n) is 1.22. The summed E-state index contributed by atoms with van der Waals surface area (Å²) in [7, 11) is 0. The van der Waals surface area contributed by atoms with Gasteiger partial charge in [-0.2, -0.15) is 0 Å². The Morgan fingerprint density at radius 3 is 0.562 bits per heavy atom. The summed E-state index contributed by atoms with van der Waals surface area (Å²) in [4.78, 5) is 0. The molecule has 0 aliphatic carbocycles. The Balaban J connectivity index is -0.0000000655. The molecule has 0 unspecified atom stereocenters. The summed E-state index contributed by atoms with van der Waals surface area (Å²) in [6.07, 6.45) is 0. The fourth-order valence-corrected chi connectivity index (χ4v) is 0.612. The van der Waals surface area contributed by atoms with Gasteiger partial charge in [-0.05, 0) is 41.5 Å². The van der Waals surface area contributed by atoms with Crippen molar-refractivity contribution in [3.05, 3.63) is 0 Å². The molecule has 4 nitrogen and oxygen atoms in total. The second kappa shape index (κ2) is 36.4. The summed E-state index contributed by atoms with van der Waals surface area (Å²) in [5.74, 6) is 0. The molecule has 0 aliphatic rings. The predicted molar refractivity (Wildman–Crippen MR) is 70.1 cm³/mol. The van der Waals surface area contributed by atoms with E-state index in [2.05, 4.69) is 0 Å². The monoisotopic (exact) mass is 240 g/mol. The fraction of sp³-hybridized carbons (Fsp3) is 1.00. The quantitative estimate of drug-likeness (QED) is 0.715. The first kappa shape index (κ1) is 24.9. The largest absolute Gasteiger partial charge is 0.412 e. The van der Waals surface area contributed by atoms with Crippen molar-refractivity contribution >= 4 is 0 Å². The van der Waals surface area contributed by atoms with Crippen LogP contribution in [-0.2, 0) is 14.2 Å². The maximum Gasteiger partial charge on any atom is 0.0437 e. The molecule has 2 N–H and O–H groups in total. The fourth-order valence-electron chi connectivity index (χ4n) is 0.612. The first-order valence-electron chi connectivity index (χ1n) is 5.97. The molecular formula is C12H32O4. The molecule has 0 rings (SSSR count). The molecule has 0 saturated heterocycles. The van der Waals surface area contributed by atoms with E-state index >= 15 is 0 Å². The Morgan fingerprint density at radius 1 is 0.438 bits per heavy atom. The van der Waals surface area contributed by atoms with E-state index in [1.807, 2.05) is 41.5 Å². The molecule has 0 bridgehead atoms. The first-order valence-corrected chi connectivity index (χ1v) is 5.97. The van der Waals surface area contributed by atoms with Crippen molar-refractivity contribution in [3.63, 3.8) is 0 Å². The molecule has 104 valence electrons. The van der Waals surface area contributed by atoms with E-state index in [4.69, 9.17) is 14.2 Å². The molecule has 0 aliphatic heterocycles. The minimum absolute atomic E-state index is 0. The summed E-state index contributed by atoms with van der Waals surface area (Å²) in [5.41, 5.74) is 0. The Hall–Kier alpha value is -0.160. The van der Waals surface area contributed by atoms with E-state index in [-0.39, 0.29) is 5.48 Å². The Labute approximate surface area is 102 Å². The van der Waals surface area contributed by atoms with Crippen molar-refractivity contribution < 1.29 is 19.7 Å². The highest BCUT2D eigenvalue weighted by Gasteiger charge is 1.64. The average Bonchev–Trinajstić information content (AvgIpc) is 2.23. The molecule has 0 aromatic rings. The van der Waals surface area contributed by atoms with Crippen LogP contribution >= 0.6 is 0 Å². The molecular weight excluding hydrogens is 208 g/mol. The van der Waals surface area contributed by atoms with Crippen molar-refractivity contribution in [3.8, 4) is 0 Å². The van der Waals surface area contributed by atoms with Crippen molar-refractivity contribution in [1.82, 2.24) is 0 Å². The van der Waals surface area contributed by atoms with Crippen molar-refractivity contribution in [2.45, 2.75) is 41.5 Å². The molecule has 0 heterocycles. The van der Waals surface area contributed by atoms with Crippen LogP contribution in [0.2, 0.25) is 0 Å². The zero-order valence-electron chi connectivity index (χ0n) is 12.0. The van der Waals surface area contributed by atoms with Crippen LogP contribution in [0, 0.1) is 0 Å². The lowest BCUT2D eigenvalue weighted by Crippen LogP contribution is -1.84. The van der Waals surface area contributed by atoms with E-state index in [9.17, 15) is 0 Å². The smallest absolute Gasteiger partial charge is 0.0437 e. The summed E-state index contributed by atoms with van der Waals surface area (Å²) in [6.45, 7) is 17.0. The van der Waals surface area contributed by atoms with E-state index in [1.54, 1.807) is 0 Å². The van der Waals surface area contributed by atoms with Gasteiger partial charge in [0.25, 0.3) is 0 Å². The molecule has 0 aromatic heterocycles. The molecule has 0 saturated carbocycles. The van der Waals surface area contributed by atoms with Gasteiger partial charge in [-0.25, -0.2) is 0 Å². The van der Waals surface area contributed by atoms with Gasteiger partial charge in [0.1, 0.15) is 0 Å². The van der Waals surface area contributed by atoms with Crippen molar-refractivity contribution in [2.75, 3.05) is 39.6 Å². The molecule has 4 heteroatoms. The second-order valence-electron chi connectivity index (χ2n) is 2.34. The van der Waals surface area contributed by atoms with Gasteiger partial charge in [0.15, 0.2) is 0 Å². The Morgan fingerprint density at radius 2 is 0.562 bits per heavy atom. The standard InChI is InChI=1S/3C4H10O.H2O/c3*1-3-5-4-2;/h3*3-4H2,1-2H3;1H2. The van der Waals surface area contributed by atoms with Crippen LogP contribution in [-0.4, -0.2) is 45.1 Å². The molecule has 0 aromatic carbocycles. The Bertz CT molecular complexity index is 49.8. The summed E-state index contributed by atoms with van der Waals surface area (Å²) < 4.78 is 14.5. The van der Waals surface area contributed by atoms with Crippen LogP contribution in [0.1, 0.15) is 41.5 Å². The minimum Gasteiger partial charge on any atom is -0.412 e. The molecule has 0 fully saturated rings. The van der Waals surface area contributed by atoms with Gasteiger partial charge in [0.2, 0.25) is 0 Å². The molecule has 16 heavy (non-hydrogen) atoms. The molecule has 0 spiro atoms. The van der Waals surface area contributed by atoms with Crippen LogP contribution in [0.4, 0.5) is 0 Å². The van der Waals surface area contributed by atoms with Gasteiger partial charge in [-0.15, -0.1) is 0 Å². The minimum atomic E-state index is 0. The van der Waals surface area contributed by atoms with Gasteiger partial charge < -0.3 is 19.7 Å². The van der Waals surface area contributed by atoms with Gasteiger partial charge in [-0.3, -0.25) is 0 Å². The third-order valence-corrected chi connectivity index (χ3v) is 1.22. The second-order valence-corrected chi connectivity index (χ2v) is 2.34. The van der Waals surface area contributed by atoms with E-state index in [0.717, 1.165) is 39.6 Å². The highest BCUT2D eigenvalue weighted by atomic mass is 16.5. The summed E-state index contributed by atoms with van der Waals surface area (Å²) >= 11 is 0. The predicted octanol–water partition coefficient (Wildman–Crippen LogP) is 2.30. The van der Waals surface area contributed by atoms with Crippen molar-refractivity contribution in [1.29, 1.82) is 0 Å². The van der Waals surface area contributed by atoms with Crippen LogP contribution in [0.5, 0.6) is 0 Å². The first-order chi connectivity index (χ1) is 7.24. The summed E-state index contributed by atoms with van der Waals surface area (Å²) in [6, 6.07) is 0.